The van der Waals surface area contributed by atoms with E-state index in [-0.39, 0.29) is 18.6 Å². The Hall–Kier alpha value is -2.15. The standard InChI is InChI=1S/C15H19N3O4/c19-10-11-4-1-2-8-18(11)14(20)7-6-13-16-15(17-22-13)12-5-3-9-21-12/h3,5,9,11,19H,1-2,4,6-8,10H2. The van der Waals surface area contributed by atoms with Crippen LogP contribution in [-0.2, 0) is 11.2 Å². The lowest BCUT2D eigenvalue weighted by Crippen LogP contribution is -2.45. The molecule has 2 aromatic heterocycles. The molecular formula is C15H19N3O4. The molecule has 1 fully saturated rings. The predicted molar refractivity (Wildman–Crippen MR) is 76.8 cm³/mol. The molecule has 7 nitrogen and oxygen atoms in total. The van der Waals surface area contributed by atoms with Gasteiger partial charge in [-0.2, -0.15) is 4.98 Å². The fourth-order valence-electron chi connectivity index (χ4n) is 2.74. The van der Waals surface area contributed by atoms with Crippen molar-refractivity contribution < 1.29 is 18.8 Å². The largest absolute Gasteiger partial charge is 0.461 e. The van der Waals surface area contributed by atoms with E-state index < -0.39 is 0 Å². The summed E-state index contributed by atoms with van der Waals surface area (Å²) >= 11 is 0. The Morgan fingerprint density at radius 3 is 3.14 bits per heavy atom. The number of piperidine rings is 1. The second-order valence-corrected chi connectivity index (χ2v) is 5.41. The van der Waals surface area contributed by atoms with Crippen LogP contribution in [0.25, 0.3) is 11.6 Å². The second-order valence-electron chi connectivity index (χ2n) is 5.41. The lowest BCUT2D eigenvalue weighted by atomic mass is 10.0. The molecule has 0 aromatic carbocycles. The van der Waals surface area contributed by atoms with Gasteiger partial charge in [0.05, 0.1) is 18.9 Å². The summed E-state index contributed by atoms with van der Waals surface area (Å²) in [7, 11) is 0. The Morgan fingerprint density at radius 2 is 2.36 bits per heavy atom. The molecule has 3 heterocycles. The van der Waals surface area contributed by atoms with Gasteiger partial charge < -0.3 is 18.9 Å². The minimum atomic E-state index is -0.0531. The van der Waals surface area contributed by atoms with Crippen molar-refractivity contribution in [2.45, 2.75) is 38.1 Å². The van der Waals surface area contributed by atoms with Crippen LogP contribution in [0.5, 0.6) is 0 Å². The molecule has 1 amide bonds. The fraction of sp³-hybridized carbons (Fsp3) is 0.533. The van der Waals surface area contributed by atoms with Gasteiger partial charge in [0.1, 0.15) is 0 Å². The van der Waals surface area contributed by atoms with E-state index >= 15 is 0 Å². The van der Waals surface area contributed by atoms with Crippen molar-refractivity contribution in [1.82, 2.24) is 15.0 Å². The van der Waals surface area contributed by atoms with E-state index in [1.165, 1.54) is 0 Å². The first-order valence-corrected chi connectivity index (χ1v) is 7.54. The number of furan rings is 1. The van der Waals surface area contributed by atoms with E-state index in [0.29, 0.717) is 36.9 Å². The highest BCUT2D eigenvalue weighted by atomic mass is 16.5. The van der Waals surface area contributed by atoms with Gasteiger partial charge in [-0.05, 0) is 31.4 Å². The van der Waals surface area contributed by atoms with Gasteiger partial charge in [-0.1, -0.05) is 5.16 Å². The van der Waals surface area contributed by atoms with Gasteiger partial charge in [-0.25, -0.2) is 0 Å². The van der Waals surface area contributed by atoms with E-state index in [2.05, 4.69) is 10.1 Å². The van der Waals surface area contributed by atoms with Crippen molar-refractivity contribution in [1.29, 1.82) is 0 Å². The number of nitrogens with zero attached hydrogens (tertiary/aromatic N) is 3. The summed E-state index contributed by atoms with van der Waals surface area (Å²) in [6.45, 7) is 0.737. The van der Waals surface area contributed by atoms with Gasteiger partial charge in [-0.3, -0.25) is 4.79 Å². The van der Waals surface area contributed by atoms with Crippen LogP contribution in [0, 0.1) is 0 Å². The van der Waals surface area contributed by atoms with Gasteiger partial charge in [0.2, 0.25) is 17.6 Å². The number of aromatic nitrogens is 2. The average Bonchev–Trinajstić information content (AvgIpc) is 3.23. The first kappa shape index (κ1) is 14.8. The van der Waals surface area contributed by atoms with Crippen molar-refractivity contribution in [3.8, 4) is 11.6 Å². The van der Waals surface area contributed by atoms with Crippen LogP contribution in [-0.4, -0.2) is 45.2 Å². The lowest BCUT2D eigenvalue weighted by molar-refractivity contribution is -0.136. The normalized spacial score (nSPS) is 18.6. The number of aryl methyl sites for hydroxylation is 1. The molecule has 0 radical (unpaired) electrons. The van der Waals surface area contributed by atoms with Crippen LogP contribution >= 0.6 is 0 Å². The van der Waals surface area contributed by atoms with Crippen molar-refractivity contribution in [3.05, 3.63) is 24.3 Å². The molecule has 0 bridgehead atoms. The number of hydrogen-bond acceptors (Lipinski definition) is 6. The Labute approximate surface area is 127 Å². The Morgan fingerprint density at radius 1 is 1.45 bits per heavy atom. The number of likely N-dealkylation sites (tertiary alicyclic amines) is 1. The maximum absolute atomic E-state index is 12.3. The molecule has 1 saturated heterocycles. The molecule has 1 aliphatic heterocycles. The van der Waals surface area contributed by atoms with Crippen LogP contribution in [0.15, 0.2) is 27.3 Å². The van der Waals surface area contributed by atoms with E-state index in [4.69, 9.17) is 8.94 Å². The number of carbonyl (C=O) groups is 1. The molecule has 1 aliphatic rings. The maximum Gasteiger partial charge on any atom is 0.238 e. The van der Waals surface area contributed by atoms with Crippen LogP contribution in [0.3, 0.4) is 0 Å². The molecule has 7 heteroatoms. The summed E-state index contributed by atoms with van der Waals surface area (Å²) in [5.41, 5.74) is 0. The molecule has 1 atom stereocenters. The van der Waals surface area contributed by atoms with Crippen LogP contribution < -0.4 is 0 Å². The average molecular weight is 305 g/mol. The summed E-state index contributed by atoms with van der Waals surface area (Å²) in [6.07, 6.45) is 5.15. The maximum atomic E-state index is 12.3. The van der Waals surface area contributed by atoms with Gasteiger partial charge >= 0.3 is 0 Å². The lowest BCUT2D eigenvalue weighted by Gasteiger charge is -2.34. The van der Waals surface area contributed by atoms with Gasteiger partial charge in [0, 0.05) is 19.4 Å². The molecular weight excluding hydrogens is 286 g/mol. The number of aliphatic hydroxyl groups is 1. The summed E-state index contributed by atoms with van der Waals surface area (Å²) < 4.78 is 10.3. The number of hydrogen-bond donors (Lipinski definition) is 1. The SMILES string of the molecule is O=C(CCc1nc(-c2ccco2)no1)N1CCCCC1CO. The van der Waals surface area contributed by atoms with E-state index in [1.54, 1.807) is 23.3 Å². The molecule has 0 aliphatic carbocycles. The van der Waals surface area contributed by atoms with Crippen molar-refractivity contribution in [2.75, 3.05) is 13.2 Å². The Balaban J connectivity index is 1.57. The molecule has 1 N–H and O–H groups in total. The minimum Gasteiger partial charge on any atom is -0.461 e. The monoisotopic (exact) mass is 305 g/mol. The van der Waals surface area contributed by atoms with Gasteiger partial charge in [0.25, 0.3) is 0 Å². The quantitative estimate of drug-likeness (QED) is 0.902. The van der Waals surface area contributed by atoms with Crippen molar-refractivity contribution in [2.24, 2.45) is 0 Å². The van der Waals surface area contributed by atoms with Crippen LogP contribution in [0.2, 0.25) is 0 Å². The highest BCUT2D eigenvalue weighted by Crippen LogP contribution is 2.19. The molecule has 0 spiro atoms. The fourth-order valence-corrected chi connectivity index (χ4v) is 2.74. The molecule has 0 saturated carbocycles. The molecule has 2 aromatic rings. The van der Waals surface area contributed by atoms with E-state index in [1.807, 2.05) is 0 Å². The topological polar surface area (TPSA) is 92.6 Å². The van der Waals surface area contributed by atoms with Gasteiger partial charge in [-0.15, -0.1) is 0 Å². The number of rotatable bonds is 5. The molecule has 22 heavy (non-hydrogen) atoms. The Bertz CT molecular complexity index is 608. The summed E-state index contributed by atoms with van der Waals surface area (Å²) in [5.74, 6) is 1.37. The first-order valence-electron chi connectivity index (χ1n) is 7.54. The smallest absolute Gasteiger partial charge is 0.238 e. The third-order valence-corrected chi connectivity index (χ3v) is 3.92. The summed E-state index contributed by atoms with van der Waals surface area (Å²) in [6, 6.07) is 3.45. The van der Waals surface area contributed by atoms with E-state index in [0.717, 1.165) is 19.3 Å². The second kappa shape index (κ2) is 6.74. The predicted octanol–water partition coefficient (Wildman–Crippen LogP) is 1.64. The number of carbonyl (C=O) groups excluding carboxylic acids is 1. The summed E-state index contributed by atoms with van der Waals surface area (Å²) in [5, 5.41) is 13.2. The number of aliphatic hydroxyl groups excluding tert-OH is 1. The molecule has 1 unspecified atom stereocenters. The van der Waals surface area contributed by atoms with Crippen molar-refractivity contribution in [3.63, 3.8) is 0 Å². The molecule has 118 valence electrons. The zero-order chi connectivity index (χ0) is 15.4. The highest BCUT2D eigenvalue weighted by molar-refractivity contribution is 5.76. The minimum absolute atomic E-state index is 0.0228. The third-order valence-electron chi connectivity index (χ3n) is 3.92. The van der Waals surface area contributed by atoms with Crippen LogP contribution in [0.4, 0.5) is 0 Å². The van der Waals surface area contributed by atoms with Gasteiger partial charge in [0.15, 0.2) is 5.76 Å². The van der Waals surface area contributed by atoms with Crippen molar-refractivity contribution >= 4 is 5.91 Å². The molecule has 3 rings (SSSR count). The van der Waals surface area contributed by atoms with Crippen LogP contribution in [0.1, 0.15) is 31.6 Å². The first-order chi connectivity index (χ1) is 10.8. The Kier molecular flexibility index (Phi) is 4.53. The summed E-state index contributed by atoms with van der Waals surface area (Å²) in [4.78, 5) is 18.3. The zero-order valence-corrected chi connectivity index (χ0v) is 12.3. The number of amides is 1. The zero-order valence-electron chi connectivity index (χ0n) is 12.3. The van der Waals surface area contributed by atoms with E-state index in [9.17, 15) is 9.90 Å². The highest BCUT2D eigenvalue weighted by Gasteiger charge is 2.26. The third kappa shape index (κ3) is 3.19.